The largest absolute Gasteiger partial charge is 0.493 e. The van der Waals surface area contributed by atoms with E-state index in [1.54, 1.807) is 19.4 Å². The number of ether oxygens (including phenoxy) is 2. The number of benzene rings is 2. The van der Waals surface area contributed by atoms with Crippen LogP contribution in [0, 0.1) is 19.3 Å². The fraction of sp³-hybridized carbons (Fsp3) is 0.192. The quantitative estimate of drug-likeness (QED) is 0.434. The molecule has 0 aliphatic carbocycles. The number of fused-ring (bicyclic) bond motifs is 1. The van der Waals surface area contributed by atoms with Crippen LogP contribution >= 0.6 is 0 Å². The topological polar surface area (TPSA) is 104 Å². The second-order valence-electron chi connectivity index (χ2n) is 7.98. The lowest BCUT2D eigenvalue weighted by Gasteiger charge is -2.24. The van der Waals surface area contributed by atoms with Gasteiger partial charge in [-0.1, -0.05) is 42.3 Å². The standard InChI is InChI=1S/C26H22N6O3/c1-4-12-35-21-11-10-18(13-22(21)34-3)19-14-23(33)29-25-24(19)16(2)31-32(25)26-28-20(15-27-30-26)17-8-6-5-7-9-17/h1,5-11,13,15,19H,12,14H2,2-3H3,(H,29,33). The van der Waals surface area contributed by atoms with Gasteiger partial charge < -0.3 is 14.8 Å². The monoisotopic (exact) mass is 466 g/mol. The second kappa shape index (κ2) is 9.27. The zero-order valence-corrected chi connectivity index (χ0v) is 19.2. The van der Waals surface area contributed by atoms with Crippen LogP contribution in [0.4, 0.5) is 5.82 Å². The predicted molar refractivity (Wildman–Crippen MR) is 130 cm³/mol. The molecule has 4 aromatic rings. The summed E-state index contributed by atoms with van der Waals surface area (Å²) in [5.41, 5.74) is 4.10. The molecule has 0 fully saturated rings. The fourth-order valence-electron chi connectivity index (χ4n) is 4.25. The van der Waals surface area contributed by atoms with Crippen molar-refractivity contribution in [3.05, 3.63) is 71.5 Å². The van der Waals surface area contributed by atoms with Gasteiger partial charge in [0.25, 0.3) is 5.95 Å². The van der Waals surface area contributed by atoms with Gasteiger partial charge >= 0.3 is 0 Å². The van der Waals surface area contributed by atoms with Crippen molar-refractivity contribution < 1.29 is 14.3 Å². The summed E-state index contributed by atoms with van der Waals surface area (Å²) in [7, 11) is 1.56. The van der Waals surface area contributed by atoms with E-state index >= 15 is 0 Å². The molecule has 5 rings (SSSR count). The number of terminal acetylenes is 1. The minimum absolute atomic E-state index is 0.133. The Bertz CT molecular complexity index is 1440. The molecule has 1 aliphatic rings. The Kier molecular flexibility index (Phi) is 5.85. The molecule has 0 bridgehead atoms. The molecule has 0 radical (unpaired) electrons. The molecule has 3 heterocycles. The lowest BCUT2D eigenvalue weighted by Crippen LogP contribution is -2.25. The second-order valence-corrected chi connectivity index (χ2v) is 7.98. The Hall–Kier alpha value is -4.71. The van der Waals surface area contributed by atoms with E-state index in [-0.39, 0.29) is 30.8 Å². The normalized spacial score (nSPS) is 14.5. The lowest BCUT2D eigenvalue weighted by molar-refractivity contribution is -0.116. The zero-order valence-electron chi connectivity index (χ0n) is 19.2. The van der Waals surface area contributed by atoms with E-state index < -0.39 is 0 Å². The summed E-state index contributed by atoms with van der Waals surface area (Å²) >= 11 is 0. The number of nitrogens with one attached hydrogen (secondary N) is 1. The van der Waals surface area contributed by atoms with Crippen molar-refractivity contribution in [2.24, 2.45) is 0 Å². The van der Waals surface area contributed by atoms with Crippen LogP contribution in [-0.2, 0) is 4.79 Å². The Morgan fingerprint density at radius 2 is 2.03 bits per heavy atom. The minimum Gasteiger partial charge on any atom is -0.493 e. The molecule has 0 saturated carbocycles. The van der Waals surface area contributed by atoms with Gasteiger partial charge in [0.15, 0.2) is 11.5 Å². The first-order valence-corrected chi connectivity index (χ1v) is 11.0. The van der Waals surface area contributed by atoms with Gasteiger partial charge in [0, 0.05) is 23.5 Å². The number of carbonyl (C=O) groups excluding carboxylic acids is 1. The third-order valence-electron chi connectivity index (χ3n) is 5.81. The predicted octanol–water partition coefficient (Wildman–Crippen LogP) is 3.53. The smallest absolute Gasteiger partial charge is 0.272 e. The van der Waals surface area contributed by atoms with Crippen LogP contribution in [-0.4, -0.2) is 44.6 Å². The number of hydrogen-bond acceptors (Lipinski definition) is 7. The molecule has 0 saturated heterocycles. The van der Waals surface area contributed by atoms with E-state index in [1.807, 2.05) is 49.4 Å². The molecule has 1 amide bonds. The van der Waals surface area contributed by atoms with Gasteiger partial charge in [0.05, 0.1) is 24.7 Å². The van der Waals surface area contributed by atoms with E-state index in [2.05, 4.69) is 31.5 Å². The average molecular weight is 467 g/mol. The summed E-state index contributed by atoms with van der Waals surface area (Å²) in [5.74, 6) is 3.95. The van der Waals surface area contributed by atoms with E-state index in [4.69, 9.17) is 15.9 Å². The highest BCUT2D eigenvalue weighted by atomic mass is 16.5. The summed E-state index contributed by atoms with van der Waals surface area (Å²) in [6.45, 7) is 2.03. The number of anilines is 1. The number of amides is 1. The number of hydrogen-bond donors (Lipinski definition) is 1. The Morgan fingerprint density at radius 1 is 1.20 bits per heavy atom. The molecule has 9 nitrogen and oxygen atoms in total. The molecule has 1 aliphatic heterocycles. The van der Waals surface area contributed by atoms with Crippen LogP contribution in [0.5, 0.6) is 11.5 Å². The summed E-state index contributed by atoms with van der Waals surface area (Å²) in [5, 5.41) is 15.9. The molecular formula is C26H22N6O3. The maximum Gasteiger partial charge on any atom is 0.272 e. The van der Waals surface area contributed by atoms with Crippen molar-refractivity contribution in [1.29, 1.82) is 0 Å². The number of rotatable bonds is 6. The highest BCUT2D eigenvalue weighted by Gasteiger charge is 2.33. The molecule has 1 N–H and O–H groups in total. The molecule has 1 unspecified atom stereocenters. The van der Waals surface area contributed by atoms with Crippen molar-refractivity contribution in [2.45, 2.75) is 19.3 Å². The van der Waals surface area contributed by atoms with Crippen LogP contribution in [0.2, 0.25) is 0 Å². The van der Waals surface area contributed by atoms with Crippen molar-refractivity contribution in [2.75, 3.05) is 19.0 Å². The highest BCUT2D eigenvalue weighted by molar-refractivity contribution is 5.95. The zero-order chi connectivity index (χ0) is 24.4. The maximum absolute atomic E-state index is 12.8. The lowest BCUT2D eigenvalue weighted by atomic mass is 9.85. The molecule has 9 heteroatoms. The van der Waals surface area contributed by atoms with Crippen molar-refractivity contribution >= 4 is 11.7 Å². The minimum atomic E-state index is -0.242. The van der Waals surface area contributed by atoms with Gasteiger partial charge in [-0.15, -0.1) is 11.5 Å². The van der Waals surface area contributed by atoms with Crippen molar-refractivity contribution in [3.63, 3.8) is 0 Å². The van der Waals surface area contributed by atoms with Gasteiger partial charge in [-0.3, -0.25) is 4.79 Å². The van der Waals surface area contributed by atoms with E-state index in [1.165, 1.54) is 4.68 Å². The van der Waals surface area contributed by atoms with Crippen LogP contribution < -0.4 is 14.8 Å². The SMILES string of the molecule is C#CCOc1ccc(C2CC(=O)Nc3c2c(C)nn3-c2nncc(-c3ccccc3)n2)cc1OC. The third-order valence-corrected chi connectivity index (χ3v) is 5.81. The number of aromatic nitrogens is 5. The van der Waals surface area contributed by atoms with Gasteiger partial charge in [-0.05, 0) is 24.6 Å². The molecule has 174 valence electrons. The number of nitrogens with zero attached hydrogens (tertiary/aromatic N) is 5. The number of carbonyl (C=O) groups is 1. The Labute approximate surface area is 202 Å². The van der Waals surface area contributed by atoms with Gasteiger partial charge in [-0.25, -0.2) is 4.98 Å². The first-order chi connectivity index (χ1) is 17.1. The van der Waals surface area contributed by atoms with Crippen LogP contribution in [0.25, 0.3) is 17.2 Å². The van der Waals surface area contributed by atoms with Crippen LogP contribution in [0.15, 0.2) is 54.7 Å². The molecular weight excluding hydrogens is 444 g/mol. The Balaban J connectivity index is 1.57. The number of aryl methyl sites for hydroxylation is 1. The van der Waals surface area contributed by atoms with Crippen LogP contribution in [0.1, 0.15) is 29.2 Å². The first-order valence-electron chi connectivity index (χ1n) is 11.0. The summed E-state index contributed by atoms with van der Waals surface area (Å²) in [6, 6.07) is 15.3. The first kappa shape index (κ1) is 22.1. The van der Waals surface area contributed by atoms with Gasteiger partial charge in [0.1, 0.15) is 12.4 Å². The number of methoxy groups -OCH3 is 1. The molecule has 2 aromatic carbocycles. The Morgan fingerprint density at radius 3 is 2.80 bits per heavy atom. The summed E-state index contributed by atoms with van der Waals surface area (Å²) < 4.78 is 12.6. The van der Waals surface area contributed by atoms with Crippen LogP contribution in [0.3, 0.4) is 0 Å². The van der Waals surface area contributed by atoms with Crippen molar-refractivity contribution in [3.8, 4) is 41.0 Å². The van der Waals surface area contributed by atoms with E-state index in [9.17, 15) is 4.79 Å². The molecule has 2 aromatic heterocycles. The summed E-state index contributed by atoms with van der Waals surface area (Å²) in [6.07, 6.45) is 7.16. The average Bonchev–Trinajstić information content (AvgIpc) is 3.23. The maximum atomic E-state index is 12.8. The van der Waals surface area contributed by atoms with Gasteiger partial charge in [-0.2, -0.15) is 14.9 Å². The molecule has 1 atom stereocenters. The van der Waals surface area contributed by atoms with E-state index in [0.717, 1.165) is 22.4 Å². The third kappa shape index (κ3) is 4.17. The molecule has 35 heavy (non-hydrogen) atoms. The summed E-state index contributed by atoms with van der Waals surface area (Å²) in [4.78, 5) is 17.4. The van der Waals surface area contributed by atoms with E-state index in [0.29, 0.717) is 23.0 Å². The van der Waals surface area contributed by atoms with Crippen molar-refractivity contribution in [1.82, 2.24) is 25.0 Å². The fourth-order valence-corrected chi connectivity index (χ4v) is 4.25. The van der Waals surface area contributed by atoms with Gasteiger partial charge in [0.2, 0.25) is 5.91 Å². The highest BCUT2D eigenvalue weighted by Crippen LogP contribution is 2.42. The molecule has 0 spiro atoms.